The number of hydrogen-bond donors (Lipinski definition) is 4. The van der Waals surface area contributed by atoms with Crippen molar-refractivity contribution in [3.05, 3.63) is 76.6 Å². The fourth-order valence-corrected chi connectivity index (χ4v) is 7.23. The van der Waals surface area contributed by atoms with E-state index < -0.39 is 10.0 Å². The van der Waals surface area contributed by atoms with Gasteiger partial charge in [-0.25, -0.2) is 8.42 Å². The number of anilines is 1. The standard InChI is InChI=1S/C32H42N4O4S/c1-23-18-26(40-2)12-15-28(23)36-41(38,39)27-13-10-24(11-14-27)21-33-31(37)29-19-25-22-34-32(20-30(25)35-29)16-8-6-4-3-5-7-9-17-32/h10-15,18-19,34-36H,3-9,16-17,20-22H2,1-2H3,(H,33,37). The van der Waals surface area contributed by atoms with Gasteiger partial charge in [0.2, 0.25) is 0 Å². The molecule has 1 aromatic heterocycles. The van der Waals surface area contributed by atoms with Gasteiger partial charge < -0.3 is 20.4 Å². The van der Waals surface area contributed by atoms with Gasteiger partial charge in [-0.2, -0.15) is 0 Å². The van der Waals surface area contributed by atoms with Crippen molar-refractivity contribution in [1.29, 1.82) is 0 Å². The van der Waals surface area contributed by atoms with Gasteiger partial charge in [0.25, 0.3) is 15.9 Å². The van der Waals surface area contributed by atoms with E-state index in [9.17, 15) is 13.2 Å². The van der Waals surface area contributed by atoms with Crippen molar-refractivity contribution in [1.82, 2.24) is 15.6 Å². The van der Waals surface area contributed by atoms with Gasteiger partial charge in [0.05, 0.1) is 17.7 Å². The lowest BCUT2D eigenvalue weighted by Gasteiger charge is -2.39. The minimum absolute atomic E-state index is 0.131. The molecule has 0 bridgehead atoms. The van der Waals surface area contributed by atoms with Crippen LogP contribution in [0.3, 0.4) is 0 Å². The zero-order chi connectivity index (χ0) is 28.9. The number of amides is 1. The number of aromatic amines is 1. The lowest BCUT2D eigenvalue weighted by molar-refractivity contribution is 0.0946. The molecule has 4 N–H and O–H groups in total. The SMILES string of the molecule is COc1ccc(NS(=O)(=O)c2ccc(CNC(=O)c3cc4c([nH]3)CC3(CCCCCCCCC3)NC4)cc2)c(C)c1. The van der Waals surface area contributed by atoms with E-state index >= 15 is 0 Å². The van der Waals surface area contributed by atoms with E-state index in [1.165, 1.54) is 69.0 Å². The Labute approximate surface area is 243 Å². The van der Waals surface area contributed by atoms with Crippen LogP contribution in [0.2, 0.25) is 0 Å². The van der Waals surface area contributed by atoms with E-state index in [2.05, 4.69) is 20.3 Å². The molecule has 0 unspecified atom stereocenters. The van der Waals surface area contributed by atoms with Gasteiger partial charge in [-0.15, -0.1) is 0 Å². The summed E-state index contributed by atoms with van der Waals surface area (Å²) in [6.45, 7) is 2.91. The number of benzene rings is 2. The zero-order valence-corrected chi connectivity index (χ0v) is 25.0. The van der Waals surface area contributed by atoms with Crippen molar-refractivity contribution >= 4 is 21.6 Å². The summed E-state index contributed by atoms with van der Waals surface area (Å²) in [4.78, 5) is 16.6. The lowest BCUT2D eigenvalue weighted by Crippen LogP contribution is -2.49. The highest BCUT2D eigenvalue weighted by Gasteiger charge is 2.34. The van der Waals surface area contributed by atoms with E-state index in [4.69, 9.17) is 4.74 Å². The van der Waals surface area contributed by atoms with Gasteiger partial charge in [0.1, 0.15) is 11.4 Å². The Hall–Kier alpha value is -3.30. The summed E-state index contributed by atoms with van der Waals surface area (Å²) in [5.41, 5.74) is 5.14. The van der Waals surface area contributed by atoms with Crippen molar-refractivity contribution in [2.24, 2.45) is 0 Å². The molecule has 1 aliphatic carbocycles. The van der Waals surface area contributed by atoms with Gasteiger partial charge >= 0.3 is 0 Å². The fraction of sp³-hybridized carbons (Fsp3) is 0.469. The average molecular weight is 579 g/mol. The first-order valence-corrected chi connectivity index (χ1v) is 16.3. The molecule has 1 spiro atoms. The number of ether oxygens (including phenoxy) is 1. The number of aromatic nitrogens is 1. The van der Waals surface area contributed by atoms with Crippen LogP contribution in [0.15, 0.2) is 53.4 Å². The van der Waals surface area contributed by atoms with E-state index in [-0.39, 0.29) is 16.3 Å². The predicted octanol–water partition coefficient (Wildman–Crippen LogP) is 5.97. The first kappa shape index (κ1) is 29.2. The van der Waals surface area contributed by atoms with E-state index in [1.54, 1.807) is 49.6 Å². The summed E-state index contributed by atoms with van der Waals surface area (Å²) in [5.74, 6) is 0.505. The molecule has 9 heteroatoms. The van der Waals surface area contributed by atoms with Crippen molar-refractivity contribution in [3.63, 3.8) is 0 Å². The quantitative estimate of drug-likeness (QED) is 0.276. The minimum Gasteiger partial charge on any atom is -0.497 e. The van der Waals surface area contributed by atoms with Crippen molar-refractivity contribution in [3.8, 4) is 5.75 Å². The van der Waals surface area contributed by atoms with Gasteiger partial charge in [-0.3, -0.25) is 9.52 Å². The maximum absolute atomic E-state index is 13.0. The number of nitrogens with one attached hydrogen (secondary N) is 4. The maximum Gasteiger partial charge on any atom is 0.267 e. The molecule has 2 aliphatic rings. The lowest BCUT2D eigenvalue weighted by atomic mass is 9.79. The van der Waals surface area contributed by atoms with E-state index in [0.717, 1.165) is 24.1 Å². The predicted molar refractivity (Wildman–Crippen MR) is 162 cm³/mol. The normalized spacial score (nSPS) is 17.4. The second kappa shape index (κ2) is 12.7. The number of aryl methyl sites for hydroxylation is 1. The highest BCUT2D eigenvalue weighted by Crippen LogP contribution is 2.33. The van der Waals surface area contributed by atoms with Crippen LogP contribution in [0, 0.1) is 6.92 Å². The molecule has 0 radical (unpaired) electrons. The van der Waals surface area contributed by atoms with Crippen LogP contribution < -0.4 is 20.1 Å². The summed E-state index contributed by atoms with van der Waals surface area (Å²) < 4.78 is 33.7. The van der Waals surface area contributed by atoms with Crippen LogP contribution in [-0.4, -0.2) is 32.0 Å². The molecule has 41 heavy (non-hydrogen) atoms. The maximum atomic E-state index is 13.0. The van der Waals surface area contributed by atoms with Gasteiger partial charge in [-0.1, -0.05) is 57.1 Å². The molecule has 1 saturated carbocycles. The third-order valence-electron chi connectivity index (χ3n) is 8.58. The number of sulfonamides is 1. The highest BCUT2D eigenvalue weighted by molar-refractivity contribution is 7.92. The summed E-state index contributed by atoms with van der Waals surface area (Å²) >= 11 is 0. The first-order chi connectivity index (χ1) is 19.8. The Kier molecular flexibility index (Phi) is 9.04. The van der Waals surface area contributed by atoms with Crippen molar-refractivity contribution < 1.29 is 17.9 Å². The molecule has 1 fully saturated rings. The van der Waals surface area contributed by atoms with Gasteiger partial charge in [0.15, 0.2) is 0 Å². The molecule has 3 aromatic rings. The molecule has 0 saturated heterocycles. The number of carbonyl (C=O) groups is 1. The van der Waals surface area contributed by atoms with Crippen LogP contribution in [0.25, 0.3) is 0 Å². The number of carbonyl (C=O) groups excluding carboxylic acids is 1. The summed E-state index contributed by atoms with van der Waals surface area (Å²) in [6, 6.07) is 13.7. The molecule has 1 amide bonds. The van der Waals surface area contributed by atoms with Crippen LogP contribution in [0.4, 0.5) is 5.69 Å². The summed E-state index contributed by atoms with van der Waals surface area (Å²) in [7, 11) is -2.19. The Balaban J connectivity index is 1.18. The van der Waals surface area contributed by atoms with E-state index in [0.29, 0.717) is 23.7 Å². The van der Waals surface area contributed by atoms with Crippen LogP contribution in [-0.2, 0) is 29.5 Å². The highest BCUT2D eigenvalue weighted by atomic mass is 32.2. The average Bonchev–Trinajstić information content (AvgIpc) is 3.40. The van der Waals surface area contributed by atoms with Crippen LogP contribution >= 0.6 is 0 Å². The summed E-state index contributed by atoms with van der Waals surface area (Å²) in [6.07, 6.45) is 12.5. The number of H-pyrrole nitrogens is 1. The number of hydrogen-bond acceptors (Lipinski definition) is 5. The van der Waals surface area contributed by atoms with Gasteiger partial charge in [-0.05, 0) is 72.9 Å². The molecule has 220 valence electrons. The third-order valence-corrected chi connectivity index (χ3v) is 9.96. The third kappa shape index (κ3) is 7.13. The first-order valence-electron chi connectivity index (χ1n) is 14.8. The number of fused-ring (bicyclic) bond motifs is 1. The van der Waals surface area contributed by atoms with E-state index in [1.807, 2.05) is 13.0 Å². The van der Waals surface area contributed by atoms with Crippen LogP contribution in [0.5, 0.6) is 5.75 Å². The largest absolute Gasteiger partial charge is 0.497 e. The van der Waals surface area contributed by atoms with Crippen LogP contribution in [0.1, 0.15) is 90.7 Å². The second-order valence-corrected chi connectivity index (χ2v) is 13.3. The summed E-state index contributed by atoms with van der Waals surface area (Å²) in [5, 5.41) is 6.82. The molecule has 5 rings (SSSR count). The Morgan fingerprint density at radius 2 is 1.63 bits per heavy atom. The molecular weight excluding hydrogens is 536 g/mol. The molecule has 8 nitrogen and oxygen atoms in total. The molecule has 2 heterocycles. The number of rotatable bonds is 7. The molecular formula is C32H42N4O4S. The fourth-order valence-electron chi connectivity index (χ4n) is 6.10. The second-order valence-electron chi connectivity index (χ2n) is 11.6. The molecule has 1 aliphatic heterocycles. The monoisotopic (exact) mass is 578 g/mol. The van der Waals surface area contributed by atoms with Crippen molar-refractivity contribution in [2.75, 3.05) is 11.8 Å². The van der Waals surface area contributed by atoms with Crippen molar-refractivity contribution in [2.45, 2.75) is 94.7 Å². The topological polar surface area (TPSA) is 112 Å². The Bertz CT molecular complexity index is 1450. The molecule has 2 aromatic carbocycles. The smallest absolute Gasteiger partial charge is 0.267 e. The Morgan fingerprint density at radius 1 is 0.951 bits per heavy atom. The zero-order valence-electron chi connectivity index (χ0n) is 24.1. The Morgan fingerprint density at radius 3 is 2.29 bits per heavy atom. The number of methoxy groups -OCH3 is 1. The minimum atomic E-state index is -3.76. The molecule has 0 atom stereocenters. The van der Waals surface area contributed by atoms with Gasteiger partial charge in [0, 0.05) is 30.7 Å².